The molecule has 2 aromatic rings. The number of nitrogens with two attached hydrogens (primary N) is 2. The van der Waals surface area contributed by atoms with Gasteiger partial charge in [0.05, 0.1) is 11.6 Å². The Labute approximate surface area is 154 Å². The summed E-state index contributed by atoms with van der Waals surface area (Å²) in [4.78, 5) is 12.8. The molecule has 1 aromatic carbocycles. The lowest BCUT2D eigenvalue weighted by atomic mass is 9.87. The number of amides is 1. The quantitative estimate of drug-likeness (QED) is 0.676. The number of aromatic nitrogens is 2. The third-order valence-corrected chi connectivity index (χ3v) is 4.68. The largest absolute Gasteiger partial charge is 0.465 e. The summed E-state index contributed by atoms with van der Waals surface area (Å²) in [5, 5.41) is 14.6. The molecular weight excluding hydrogens is 330 g/mol. The lowest BCUT2D eigenvalue weighted by Crippen LogP contribution is -2.58. The van der Waals surface area contributed by atoms with Crippen LogP contribution in [-0.4, -0.2) is 43.5 Å². The molecule has 144 valence electrons. The van der Waals surface area contributed by atoms with Crippen LogP contribution in [-0.2, 0) is 7.05 Å². The lowest BCUT2D eigenvalue weighted by Gasteiger charge is -2.44. The van der Waals surface area contributed by atoms with Crippen LogP contribution in [0.15, 0.2) is 24.4 Å². The summed E-state index contributed by atoms with van der Waals surface area (Å²) in [7, 11) is 1.90. The first-order valence-electron chi connectivity index (χ1n) is 9.06. The van der Waals surface area contributed by atoms with Gasteiger partial charge in [-0.3, -0.25) is 9.58 Å². The van der Waals surface area contributed by atoms with Crippen molar-refractivity contribution in [2.45, 2.75) is 64.1 Å². The van der Waals surface area contributed by atoms with Crippen LogP contribution in [0.3, 0.4) is 0 Å². The minimum absolute atomic E-state index is 0.00549. The van der Waals surface area contributed by atoms with Crippen molar-refractivity contribution in [1.82, 2.24) is 14.7 Å². The van der Waals surface area contributed by atoms with Crippen LogP contribution < -0.4 is 11.5 Å². The first-order chi connectivity index (χ1) is 12.1. The molecule has 1 fully saturated rings. The zero-order chi connectivity index (χ0) is 19.5. The van der Waals surface area contributed by atoms with E-state index in [1.807, 2.05) is 52.2 Å². The Hall–Kier alpha value is -2.28. The maximum Gasteiger partial charge on any atom is 0.408 e. The van der Waals surface area contributed by atoms with E-state index in [1.54, 1.807) is 4.68 Å². The summed E-state index contributed by atoms with van der Waals surface area (Å²) in [6.07, 6.45) is 5.12. The van der Waals surface area contributed by atoms with Crippen LogP contribution in [0.2, 0.25) is 0 Å². The van der Waals surface area contributed by atoms with E-state index in [9.17, 15) is 9.90 Å². The van der Waals surface area contributed by atoms with Crippen molar-refractivity contribution < 1.29 is 9.90 Å². The third-order valence-electron chi connectivity index (χ3n) is 4.68. The summed E-state index contributed by atoms with van der Waals surface area (Å²) >= 11 is 0. The Morgan fingerprint density at radius 2 is 1.96 bits per heavy atom. The number of nitrogen functional groups attached to an aromatic ring is 1. The Morgan fingerprint density at radius 3 is 2.54 bits per heavy atom. The van der Waals surface area contributed by atoms with Crippen molar-refractivity contribution in [2.75, 3.05) is 5.73 Å². The number of benzene rings is 1. The molecule has 1 amide bonds. The van der Waals surface area contributed by atoms with Crippen molar-refractivity contribution in [2.24, 2.45) is 12.8 Å². The summed E-state index contributed by atoms with van der Waals surface area (Å²) < 4.78 is 1.78. The van der Waals surface area contributed by atoms with E-state index >= 15 is 0 Å². The predicted molar refractivity (Wildman–Crippen MR) is 105 cm³/mol. The minimum Gasteiger partial charge on any atom is -0.465 e. The van der Waals surface area contributed by atoms with Gasteiger partial charge in [-0.25, -0.2) is 4.79 Å². The smallest absolute Gasteiger partial charge is 0.408 e. The standard InChI is InChI=1S/C11H22N2O2.C8H9N3/c1-11(2,3)13(10(14)15)9-7-5-4-6-8(9)12;1-11-5-6-4-7(9)2-3-8(6)10-11/h8-9H,4-7,12H2,1-3H3,(H,14,15);2-5H,9H2,1H3/t8-,9+;/m1./s1. The maximum atomic E-state index is 11.3. The fraction of sp³-hybridized carbons (Fsp3) is 0.579. The highest BCUT2D eigenvalue weighted by Gasteiger charge is 2.37. The van der Waals surface area contributed by atoms with Gasteiger partial charge in [0.15, 0.2) is 0 Å². The van der Waals surface area contributed by atoms with E-state index in [-0.39, 0.29) is 17.6 Å². The molecule has 7 nitrogen and oxygen atoms in total. The van der Waals surface area contributed by atoms with Crippen molar-refractivity contribution in [3.05, 3.63) is 24.4 Å². The van der Waals surface area contributed by atoms with E-state index < -0.39 is 6.09 Å². The van der Waals surface area contributed by atoms with Crippen molar-refractivity contribution in [1.29, 1.82) is 0 Å². The molecule has 5 N–H and O–H groups in total. The Morgan fingerprint density at radius 1 is 1.31 bits per heavy atom. The molecule has 26 heavy (non-hydrogen) atoms. The van der Waals surface area contributed by atoms with Gasteiger partial charge in [-0.1, -0.05) is 12.8 Å². The Kier molecular flexibility index (Phi) is 6.13. The van der Waals surface area contributed by atoms with Crippen LogP contribution >= 0.6 is 0 Å². The van der Waals surface area contributed by atoms with Crippen LogP contribution in [0.4, 0.5) is 10.5 Å². The molecule has 3 rings (SSSR count). The lowest BCUT2D eigenvalue weighted by molar-refractivity contribution is 0.0491. The molecular formula is C19H31N5O2. The number of aryl methyl sites for hydroxylation is 1. The summed E-state index contributed by atoms with van der Waals surface area (Å²) in [6, 6.07) is 5.67. The SMILES string of the molecule is CC(C)(C)N(C(=O)O)[C@H]1CCCC[C@H]1N.Cn1cc2cc(N)ccc2n1. The molecule has 1 aromatic heterocycles. The molecule has 1 saturated carbocycles. The molecule has 0 bridgehead atoms. The number of rotatable bonds is 1. The van der Waals surface area contributed by atoms with Crippen LogP contribution in [0.25, 0.3) is 10.9 Å². The van der Waals surface area contributed by atoms with Crippen LogP contribution in [0.1, 0.15) is 46.5 Å². The molecule has 0 unspecified atom stereocenters. The highest BCUT2D eigenvalue weighted by molar-refractivity contribution is 5.81. The molecule has 7 heteroatoms. The first kappa shape index (κ1) is 20.0. The number of anilines is 1. The predicted octanol–water partition coefficient (Wildman–Crippen LogP) is 3.19. The summed E-state index contributed by atoms with van der Waals surface area (Å²) in [5.74, 6) is 0. The Balaban J connectivity index is 0.000000195. The summed E-state index contributed by atoms with van der Waals surface area (Å²) in [5.41, 5.74) is 13.0. The van der Waals surface area contributed by atoms with E-state index in [0.717, 1.165) is 42.3 Å². The first-order valence-corrected chi connectivity index (χ1v) is 9.06. The number of hydrogen-bond donors (Lipinski definition) is 3. The van der Waals surface area contributed by atoms with Gasteiger partial charge in [0.25, 0.3) is 0 Å². The second kappa shape index (κ2) is 7.95. The molecule has 2 atom stereocenters. The zero-order valence-corrected chi connectivity index (χ0v) is 16.1. The van der Waals surface area contributed by atoms with Crippen molar-refractivity contribution in [3.63, 3.8) is 0 Å². The molecule has 0 spiro atoms. The van der Waals surface area contributed by atoms with E-state index in [1.165, 1.54) is 4.90 Å². The number of nitrogens with zero attached hydrogens (tertiary/aromatic N) is 3. The van der Waals surface area contributed by atoms with Crippen molar-refractivity contribution >= 4 is 22.7 Å². The average molecular weight is 361 g/mol. The highest BCUT2D eigenvalue weighted by atomic mass is 16.4. The minimum atomic E-state index is -0.857. The molecule has 1 aliphatic carbocycles. The van der Waals surface area contributed by atoms with Gasteiger partial charge in [0.2, 0.25) is 0 Å². The topological polar surface area (TPSA) is 110 Å². The fourth-order valence-electron chi connectivity index (χ4n) is 3.55. The number of fused-ring (bicyclic) bond motifs is 1. The van der Waals surface area contributed by atoms with Gasteiger partial charge in [-0.05, 0) is 51.8 Å². The van der Waals surface area contributed by atoms with Crippen LogP contribution in [0.5, 0.6) is 0 Å². The van der Waals surface area contributed by atoms with E-state index in [4.69, 9.17) is 11.5 Å². The van der Waals surface area contributed by atoms with Gasteiger partial charge >= 0.3 is 6.09 Å². The van der Waals surface area contributed by atoms with Gasteiger partial charge in [0.1, 0.15) is 0 Å². The molecule has 0 saturated heterocycles. The molecule has 1 aliphatic rings. The number of carbonyl (C=O) groups is 1. The molecule has 0 aliphatic heterocycles. The zero-order valence-electron chi connectivity index (χ0n) is 16.1. The fourth-order valence-corrected chi connectivity index (χ4v) is 3.55. The highest BCUT2D eigenvalue weighted by Crippen LogP contribution is 2.27. The monoisotopic (exact) mass is 361 g/mol. The van der Waals surface area contributed by atoms with Gasteiger partial charge < -0.3 is 16.6 Å². The second-order valence-corrected chi connectivity index (χ2v) is 7.96. The number of carboxylic acid groups (broad SMARTS) is 1. The van der Waals surface area contributed by atoms with E-state index in [0.29, 0.717) is 0 Å². The summed E-state index contributed by atoms with van der Waals surface area (Å²) in [6.45, 7) is 5.76. The maximum absolute atomic E-state index is 11.3. The average Bonchev–Trinajstić information content (AvgIpc) is 2.87. The van der Waals surface area contributed by atoms with Gasteiger partial charge in [0, 0.05) is 35.9 Å². The Bertz CT molecular complexity index is 750. The normalized spacial score (nSPS) is 20.3. The molecule has 1 heterocycles. The van der Waals surface area contributed by atoms with Crippen molar-refractivity contribution in [3.8, 4) is 0 Å². The van der Waals surface area contributed by atoms with Crippen LogP contribution in [0, 0.1) is 0 Å². The number of hydrogen-bond acceptors (Lipinski definition) is 4. The van der Waals surface area contributed by atoms with Gasteiger partial charge in [-0.15, -0.1) is 0 Å². The van der Waals surface area contributed by atoms with Gasteiger partial charge in [-0.2, -0.15) is 5.10 Å². The second-order valence-electron chi connectivity index (χ2n) is 7.96. The molecule has 0 radical (unpaired) electrons. The van der Waals surface area contributed by atoms with E-state index in [2.05, 4.69) is 5.10 Å². The third kappa shape index (κ3) is 4.88.